The van der Waals surface area contributed by atoms with Crippen molar-refractivity contribution in [1.82, 2.24) is 5.32 Å². The molecule has 1 aliphatic heterocycles. The molecule has 0 spiro atoms. The van der Waals surface area contributed by atoms with E-state index in [4.69, 9.17) is 4.74 Å². The predicted octanol–water partition coefficient (Wildman–Crippen LogP) is 4.06. The van der Waals surface area contributed by atoms with Crippen LogP contribution in [0.3, 0.4) is 0 Å². The molecule has 0 aliphatic carbocycles. The summed E-state index contributed by atoms with van der Waals surface area (Å²) in [6.45, 7) is 5.32. The van der Waals surface area contributed by atoms with E-state index in [2.05, 4.69) is 59.4 Å². The lowest BCUT2D eigenvalue weighted by molar-refractivity contribution is -0.00166. The molecule has 1 aromatic carbocycles. The summed E-state index contributed by atoms with van der Waals surface area (Å²) in [5.41, 5.74) is 1.33. The van der Waals surface area contributed by atoms with Gasteiger partial charge in [0.25, 0.3) is 0 Å². The first-order valence-corrected chi connectivity index (χ1v) is 7.62. The van der Waals surface area contributed by atoms with Crippen LogP contribution in [0.2, 0.25) is 0 Å². The van der Waals surface area contributed by atoms with Crippen LogP contribution in [0, 0.1) is 0 Å². The summed E-state index contributed by atoms with van der Waals surface area (Å²) in [6, 6.07) is 9.39. The van der Waals surface area contributed by atoms with Crippen LogP contribution >= 0.6 is 15.9 Å². The van der Waals surface area contributed by atoms with Gasteiger partial charge in [-0.15, -0.1) is 0 Å². The van der Waals surface area contributed by atoms with Crippen LogP contribution < -0.4 is 5.32 Å². The normalized spacial score (nSPS) is 25.9. The predicted molar refractivity (Wildman–Crippen MR) is 78.7 cm³/mol. The van der Waals surface area contributed by atoms with Crippen molar-refractivity contribution in [2.45, 2.75) is 51.3 Å². The Bertz CT molecular complexity index is 383. The van der Waals surface area contributed by atoms with Crippen molar-refractivity contribution in [2.75, 3.05) is 6.61 Å². The van der Waals surface area contributed by atoms with E-state index in [1.165, 1.54) is 10.0 Å². The fraction of sp³-hybridized carbons (Fsp3) is 0.600. The number of rotatable bonds is 4. The quantitative estimate of drug-likeness (QED) is 0.905. The van der Waals surface area contributed by atoms with Gasteiger partial charge in [0.2, 0.25) is 0 Å². The van der Waals surface area contributed by atoms with Gasteiger partial charge in [0, 0.05) is 23.2 Å². The lowest BCUT2D eigenvalue weighted by Gasteiger charge is -2.32. The molecule has 100 valence electrons. The summed E-state index contributed by atoms with van der Waals surface area (Å²) in [4.78, 5) is 0. The van der Waals surface area contributed by atoms with Gasteiger partial charge in [-0.25, -0.2) is 0 Å². The van der Waals surface area contributed by atoms with E-state index in [1.807, 2.05) is 0 Å². The van der Waals surface area contributed by atoms with Crippen LogP contribution in [0.25, 0.3) is 0 Å². The van der Waals surface area contributed by atoms with E-state index in [-0.39, 0.29) is 0 Å². The Morgan fingerprint density at radius 3 is 2.94 bits per heavy atom. The molecular formula is C15H22BrNO. The van der Waals surface area contributed by atoms with E-state index in [9.17, 15) is 0 Å². The molecule has 0 radical (unpaired) electrons. The summed E-state index contributed by atoms with van der Waals surface area (Å²) in [6.07, 6.45) is 3.79. The number of hydrogen-bond donors (Lipinski definition) is 1. The molecule has 0 bridgehead atoms. The molecule has 1 aromatic rings. The molecule has 18 heavy (non-hydrogen) atoms. The number of nitrogens with one attached hydrogen (secondary N) is 1. The highest BCUT2D eigenvalue weighted by atomic mass is 79.9. The van der Waals surface area contributed by atoms with Crippen molar-refractivity contribution in [3.8, 4) is 0 Å². The molecule has 2 nitrogen and oxygen atoms in total. The molecule has 3 atom stereocenters. The lowest BCUT2D eigenvalue weighted by Crippen LogP contribution is -2.40. The van der Waals surface area contributed by atoms with Gasteiger partial charge >= 0.3 is 0 Å². The SMILES string of the molecule is CCC1CC(N[C@@H](C)c2ccccc2Br)CCO1. The Morgan fingerprint density at radius 2 is 2.22 bits per heavy atom. The standard InChI is InChI=1S/C15H22BrNO/c1-3-13-10-12(8-9-18-13)17-11(2)14-6-4-5-7-15(14)16/h4-7,11-13,17H,3,8-10H2,1-2H3/t11-,12?,13?/m0/s1. The number of benzene rings is 1. The smallest absolute Gasteiger partial charge is 0.0587 e. The summed E-state index contributed by atoms with van der Waals surface area (Å²) in [7, 11) is 0. The highest BCUT2D eigenvalue weighted by molar-refractivity contribution is 9.10. The van der Waals surface area contributed by atoms with Crippen molar-refractivity contribution in [1.29, 1.82) is 0 Å². The second-order valence-electron chi connectivity index (χ2n) is 5.03. The molecule has 1 aliphatic rings. The van der Waals surface area contributed by atoms with Crippen LogP contribution in [0.15, 0.2) is 28.7 Å². The largest absolute Gasteiger partial charge is 0.378 e. The minimum Gasteiger partial charge on any atom is -0.378 e. The second-order valence-corrected chi connectivity index (χ2v) is 5.89. The van der Waals surface area contributed by atoms with Gasteiger partial charge < -0.3 is 10.1 Å². The fourth-order valence-electron chi connectivity index (χ4n) is 2.59. The first-order valence-electron chi connectivity index (χ1n) is 6.82. The van der Waals surface area contributed by atoms with Crippen LogP contribution in [-0.4, -0.2) is 18.8 Å². The zero-order valence-electron chi connectivity index (χ0n) is 11.2. The van der Waals surface area contributed by atoms with Crippen molar-refractivity contribution < 1.29 is 4.74 Å². The first kappa shape index (κ1) is 14.0. The Balaban J connectivity index is 1.95. The van der Waals surface area contributed by atoms with Gasteiger partial charge in [0.15, 0.2) is 0 Å². The zero-order chi connectivity index (χ0) is 13.0. The molecule has 2 rings (SSSR count). The van der Waals surface area contributed by atoms with Gasteiger partial charge in [-0.1, -0.05) is 41.1 Å². The molecule has 2 unspecified atom stereocenters. The lowest BCUT2D eigenvalue weighted by atomic mass is 9.99. The number of hydrogen-bond acceptors (Lipinski definition) is 2. The van der Waals surface area contributed by atoms with E-state index in [0.717, 1.165) is 25.9 Å². The third kappa shape index (κ3) is 3.56. The summed E-state index contributed by atoms with van der Waals surface area (Å²) in [5.74, 6) is 0. The number of halogens is 1. The maximum Gasteiger partial charge on any atom is 0.0587 e. The average Bonchev–Trinajstić information content (AvgIpc) is 2.39. The molecule has 1 heterocycles. The second kappa shape index (κ2) is 6.69. The Kier molecular flexibility index (Phi) is 5.22. The molecule has 0 aromatic heterocycles. The van der Waals surface area contributed by atoms with Crippen LogP contribution in [-0.2, 0) is 4.74 Å². The van der Waals surface area contributed by atoms with E-state index < -0.39 is 0 Å². The van der Waals surface area contributed by atoms with Crippen molar-refractivity contribution in [2.24, 2.45) is 0 Å². The van der Waals surface area contributed by atoms with Crippen molar-refractivity contribution in [3.05, 3.63) is 34.3 Å². The molecule has 3 heteroatoms. The topological polar surface area (TPSA) is 21.3 Å². The van der Waals surface area contributed by atoms with E-state index in [0.29, 0.717) is 18.2 Å². The molecule has 0 saturated carbocycles. The molecular weight excluding hydrogens is 290 g/mol. The van der Waals surface area contributed by atoms with Gasteiger partial charge in [0.1, 0.15) is 0 Å². The summed E-state index contributed by atoms with van der Waals surface area (Å²) < 4.78 is 6.90. The van der Waals surface area contributed by atoms with E-state index in [1.54, 1.807) is 0 Å². The molecule has 1 saturated heterocycles. The maximum absolute atomic E-state index is 5.72. The monoisotopic (exact) mass is 311 g/mol. The van der Waals surface area contributed by atoms with E-state index >= 15 is 0 Å². The van der Waals surface area contributed by atoms with Crippen molar-refractivity contribution >= 4 is 15.9 Å². The highest BCUT2D eigenvalue weighted by Crippen LogP contribution is 2.25. The van der Waals surface area contributed by atoms with Crippen LogP contribution in [0.4, 0.5) is 0 Å². The van der Waals surface area contributed by atoms with Gasteiger partial charge in [-0.2, -0.15) is 0 Å². The van der Waals surface area contributed by atoms with Crippen LogP contribution in [0.5, 0.6) is 0 Å². The third-order valence-electron chi connectivity index (χ3n) is 3.68. The zero-order valence-corrected chi connectivity index (χ0v) is 12.7. The molecule has 0 amide bonds. The summed E-state index contributed by atoms with van der Waals surface area (Å²) in [5, 5.41) is 3.73. The minimum absolute atomic E-state index is 0.376. The van der Waals surface area contributed by atoms with Crippen LogP contribution in [0.1, 0.15) is 44.7 Å². The average molecular weight is 312 g/mol. The van der Waals surface area contributed by atoms with Gasteiger partial charge in [-0.3, -0.25) is 0 Å². The van der Waals surface area contributed by atoms with Crippen molar-refractivity contribution in [3.63, 3.8) is 0 Å². The minimum atomic E-state index is 0.376. The van der Waals surface area contributed by atoms with Gasteiger partial charge in [0.05, 0.1) is 6.10 Å². The number of ether oxygens (including phenoxy) is 1. The Morgan fingerprint density at radius 1 is 1.44 bits per heavy atom. The Labute approximate surface area is 118 Å². The first-order chi connectivity index (χ1) is 8.70. The highest BCUT2D eigenvalue weighted by Gasteiger charge is 2.23. The molecule has 1 fully saturated rings. The fourth-order valence-corrected chi connectivity index (χ4v) is 3.21. The third-order valence-corrected chi connectivity index (χ3v) is 4.40. The summed E-state index contributed by atoms with van der Waals surface area (Å²) >= 11 is 3.62. The maximum atomic E-state index is 5.72. The van der Waals surface area contributed by atoms with Gasteiger partial charge in [-0.05, 0) is 37.8 Å². The molecule has 1 N–H and O–H groups in total. The Hall–Kier alpha value is -0.380.